The Balaban J connectivity index is 1.96. The molecule has 4 aromatic rings. The predicted molar refractivity (Wildman–Crippen MR) is 124 cm³/mol. The summed E-state index contributed by atoms with van der Waals surface area (Å²) in [7, 11) is -4.08. The normalized spacial score (nSPS) is 12.1. The van der Waals surface area contributed by atoms with Crippen molar-refractivity contribution >= 4 is 54.3 Å². The predicted octanol–water partition coefficient (Wildman–Crippen LogP) is 6.73. The van der Waals surface area contributed by atoms with Crippen LogP contribution in [0.4, 0.5) is 4.39 Å². The van der Waals surface area contributed by atoms with Gasteiger partial charge < -0.3 is 4.98 Å². The number of para-hydroxylation sites is 1. The summed E-state index contributed by atoms with van der Waals surface area (Å²) in [4.78, 5) is 2.73. The van der Waals surface area contributed by atoms with Gasteiger partial charge in [0.25, 0.3) is 0 Å². The Morgan fingerprint density at radius 1 is 1.10 bits per heavy atom. The maximum atomic E-state index is 14.2. The number of hydrogen-bond acceptors (Lipinski definition) is 3. The number of hydrogen-bond donors (Lipinski definition) is 1. The van der Waals surface area contributed by atoms with Crippen molar-refractivity contribution in [3.63, 3.8) is 0 Å². The third kappa shape index (κ3) is 4.02. The van der Waals surface area contributed by atoms with Gasteiger partial charge in [0, 0.05) is 27.1 Å². The number of nitrogens with one attached hydrogen (secondary N) is 1. The SMILES string of the molecule is N#CC(=Cc1c(-c2ccc(Br)c(F)c2)[nH]c2ccccc12)S(=O)(=O)c1ccc(Cl)cc1. The molecule has 0 radical (unpaired) electrons. The fraction of sp³-hybridized carbons (Fsp3) is 0. The molecule has 0 spiro atoms. The molecule has 8 heteroatoms. The number of benzene rings is 3. The van der Waals surface area contributed by atoms with Crippen molar-refractivity contribution in [3.05, 3.63) is 92.5 Å². The molecule has 0 aliphatic rings. The Hall–Kier alpha value is -2.92. The standard InChI is InChI=1S/C23H13BrClFN2O2S/c24-20-10-5-14(11-21(20)26)23-19(18-3-1-2-4-22(18)28-23)12-17(13-27)31(29,30)16-8-6-15(25)7-9-16/h1-12,28H. The first-order valence-electron chi connectivity index (χ1n) is 9.00. The van der Waals surface area contributed by atoms with Gasteiger partial charge in [-0.1, -0.05) is 35.9 Å². The molecule has 0 unspecified atom stereocenters. The van der Waals surface area contributed by atoms with Crippen molar-refractivity contribution in [2.24, 2.45) is 0 Å². The van der Waals surface area contributed by atoms with Crippen molar-refractivity contribution < 1.29 is 12.8 Å². The Kier molecular flexibility index (Phi) is 5.71. The van der Waals surface area contributed by atoms with Crippen LogP contribution in [0.1, 0.15) is 5.56 Å². The second-order valence-electron chi connectivity index (χ2n) is 6.67. The van der Waals surface area contributed by atoms with E-state index in [0.717, 1.165) is 5.52 Å². The van der Waals surface area contributed by atoms with E-state index in [9.17, 15) is 18.1 Å². The summed E-state index contributed by atoms with van der Waals surface area (Å²) in [6, 6.07) is 19.3. The van der Waals surface area contributed by atoms with Crippen molar-refractivity contribution in [2.75, 3.05) is 0 Å². The van der Waals surface area contributed by atoms with Crippen molar-refractivity contribution in [1.82, 2.24) is 4.98 Å². The lowest BCUT2D eigenvalue weighted by molar-refractivity contribution is 0.603. The van der Waals surface area contributed by atoms with E-state index >= 15 is 0 Å². The molecular weight excluding hydrogens is 503 g/mol. The highest BCUT2D eigenvalue weighted by Crippen LogP contribution is 2.35. The van der Waals surface area contributed by atoms with Crippen molar-refractivity contribution in [3.8, 4) is 17.3 Å². The van der Waals surface area contributed by atoms with Crippen LogP contribution in [0, 0.1) is 17.1 Å². The average molecular weight is 516 g/mol. The molecular formula is C23H13BrClFN2O2S. The van der Waals surface area contributed by atoms with Crippen LogP contribution in [0.15, 0.2) is 81.0 Å². The molecule has 4 nitrogen and oxygen atoms in total. The number of nitriles is 1. The second-order valence-corrected chi connectivity index (χ2v) is 9.87. The molecule has 4 rings (SSSR count). The third-order valence-corrected chi connectivity index (χ3v) is 7.33. The number of aromatic amines is 1. The monoisotopic (exact) mass is 514 g/mol. The van der Waals surface area contributed by atoms with E-state index in [2.05, 4.69) is 20.9 Å². The molecule has 1 N–H and O–H groups in total. The Bertz CT molecular complexity index is 1490. The topological polar surface area (TPSA) is 73.7 Å². The zero-order valence-corrected chi connectivity index (χ0v) is 18.9. The van der Waals surface area contributed by atoms with Crippen LogP contribution in [-0.4, -0.2) is 13.4 Å². The molecule has 3 aromatic carbocycles. The van der Waals surface area contributed by atoms with Gasteiger partial charge in [-0.05, 0) is 64.5 Å². The number of fused-ring (bicyclic) bond motifs is 1. The van der Waals surface area contributed by atoms with Crippen LogP contribution in [0.3, 0.4) is 0 Å². The van der Waals surface area contributed by atoms with Crippen molar-refractivity contribution in [2.45, 2.75) is 4.90 Å². The first-order valence-corrected chi connectivity index (χ1v) is 11.7. The lowest BCUT2D eigenvalue weighted by Gasteiger charge is -2.06. The van der Waals surface area contributed by atoms with Crippen LogP contribution < -0.4 is 0 Å². The molecule has 154 valence electrons. The molecule has 0 saturated carbocycles. The van der Waals surface area contributed by atoms with E-state index in [1.807, 2.05) is 12.1 Å². The maximum absolute atomic E-state index is 14.2. The van der Waals surface area contributed by atoms with E-state index in [4.69, 9.17) is 11.6 Å². The van der Waals surface area contributed by atoms with Gasteiger partial charge in [0.05, 0.1) is 15.1 Å². The lowest BCUT2D eigenvalue weighted by atomic mass is 10.0. The van der Waals surface area contributed by atoms with Crippen LogP contribution >= 0.6 is 27.5 Å². The van der Waals surface area contributed by atoms with Crippen LogP contribution in [-0.2, 0) is 9.84 Å². The summed E-state index contributed by atoms with van der Waals surface area (Å²) < 4.78 is 40.6. The van der Waals surface area contributed by atoms with Gasteiger partial charge in [-0.25, -0.2) is 12.8 Å². The number of nitrogens with zero attached hydrogens (tertiary/aromatic N) is 1. The van der Waals surface area contributed by atoms with E-state index < -0.39 is 20.6 Å². The van der Waals surface area contributed by atoms with Gasteiger partial charge >= 0.3 is 0 Å². The average Bonchev–Trinajstić information content (AvgIpc) is 3.12. The molecule has 31 heavy (non-hydrogen) atoms. The number of rotatable bonds is 4. The summed E-state index contributed by atoms with van der Waals surface area (Å²) in [5.41, 5.74) is 2.23. The molecule has 0 fully saturated rings. The highest BCUT2D eigenvalue weighted by atomic mass is 79.9. The van der Waals surface area contributed by atoms with Gasteiger partial charge in [-0.15, -0.1) is 0 Å². The van der Waals surface area contributed by atoms with E-state index in [1.54, 1.807) is 30.3 Å². The number of sulfone groups is 1. The number of aromatic nitrogens is 1. The number of H-pyrrole nitrogens is 1. The van der Waals surface area contributed by atoms with Gasteiger partial charge in [-0.2, -0.15) is 5.26 Å². The Morgan fingerprint density at radius 2 is 1.81 bits per heavy atom. The highest BCUT2D eigenvalue weighted by molar-refractivity contribution is 9.10. The summed E-state index contributed by atoms with van der Waals surface area (Å²) >= 11 is 8.99. The lowest BCUT2D eigenvalue weighted by Crippen LogP contribution is -2.03. The fourth-order valence-electron chi connectivity index (χ4n) is 3.23. The Morgan fingerprint density at radius 3 is 2.48 bits per heavy atom. The summed E-state index contributed by atoms with van der Waals surface area (Å²) in [6.45, 7) is 0. The van der Waals surface area contributed by atoms with E-state index in [0.29, 0.717) is 31.7 Å². The smallest absolute Gasteiger partial charge is 0.216 e. The Labute approximate surface area is 191 Å². The number of halogens is 3. The quantitative estimate of drug-likeness (QED) is 0.306. The van der Waals surface area contributed by atoms with Gasteiger partial charge in [0.2, 0.25) is 9.84 Å². The third-order valence-electron chi connectivity index (χ3n) is 4.75. The first-order chi connectivity index (χ1) is 14.8. The second kappa shape index (κ2) is 8.31. The number of allylic oxidation sites excluding steroid dienone is 1. The minimum Gasteiger partial charge on any atom is -0.354 e. The van der Waals surface area contributed by atoms with Gasteiger partial charge in [0.15, 0.2) is 0 Å². The molecule has 0 aliphatic carbocycles. The summed E-state index contributed by atoms with van der Waals surface area (Å²) in [6.07, 6.45) is 1.32. The molecule has 0 bridgehead atoms. The van der Waals surface area contributed by atoms with E-state index in [-0.39, 0.29) is 4.90 Å². The molecule has 0 aliphatic heterocycles. The largest absolute Gasteiger partial charge is 0.354 e. The zero-order chi connectivity index (χ0) is 22.2. The van der Waals surface area contributed by atoms with Crippen LogP contribution in [0.25, 0.3) is 28.2 Å². The first kappa shape index (κ1) is 21.3. The minimum absolute atomic E-state index is 0.0409. The summed E-state index contributed by atoms with van der Waals surface area (Å²) in [5, 5.41) is 10.8. The zero-order valence-electron chi connectivity index (χ0n) is 15.7. The van der Waals surface area contributed by atoms with Gasteiger partial charge in [0.1, 0.15) is 16.8 Å². The highest BCUT2D eigenvalue weighted by Gasteiger charge is 2.23. The van der Waals surface area contributed by atoms with Crippen LogP contribution in [0.5, 0.6) is 0 Å². The van der Waals surface area contributed by atoms with Crippen molar-refractivity contribution in [1.29, 1.82) is 5.26 Å². The molecule has 0 saturated heterocycles. The molecule has 1 heterocycles. The fourth-order valence-corrected chi connectivity index (χ4v) is 4.75. The molecule has 0 amide bonds. The minimum atomic E-state index is -4.08. The summed E-state index contributed by atoms with van der Waals surface area (Å²) in [5.74, 6) is -0.458. The van der Waals surface area contributed by atoms with E-state index in [1.165, 1.54) is 36.4 Å². The molecule has 1 aromatic heterocycles. The maximum Gasteiger partial charge on any atom is 0.216 e. The molecule has 0 atom stereocenters. The van der Waals surface area contributed by atoms with Gasteiger partial charge in [-0.3, -0.25) is 0 Å². The van der Waals surface area contributed by atoms with Crippen LogP contribution in [0.2, 0.25) is 5.02 Å².